The Bertz CT molecular complexity index is 1120. The van der Waals surface area contributed by atoms with Gasteiger partial charge in [-0.05, 0) is 37.3 Å². The van der Waals surface area contributed by atoms with Gasteiger partial charge >= 0.3 is 5.97 Å². The van der Waals surface area contributed by atoms with Gasteiger partial charge in [-0.15, -0.1) is 11.3 Å². The number of allylic oxidation sites excluding steroid dienone is 3. The molecule has 2 aliphatic rings. The average molecular weight is 468 g/mol. The minimum Gasteiger partial charge on any atom is -0.493 e. The standard InChI is InChI=1S/C26H29NO5S/c1-5-11-32-26(29)22-15(2)27-18-13-16(21-10-7-12-33-21)14-19(28)24(18)23(22)17-8-6-9-20(30-3)25(17)31-4/h6-10,12,16,23,27H,5,11,13-14H2,1-4H3/t16-,23-/m1/s1. The number of benzene rings is 1. The molecule has 174 valence electrons. The van der Waals surface area contributed by atoms with E-state index in [2.05, 4.69) is 11.4 Å². The molecule has 6 nitrogen and oxygen atoms in total. The van der Waals surface area contributed by atoms with Crippen molar-refractivity contribution in [1.82, 2.24) is 5.32 Å². The number of hydrogen-bond donors (Lipinski definition) is 1. The summed E-state index contributed by atoms with van der Waals surface area (Å²) in [4.78, 5) is 28.0. The van der Waals surface area contributed by atoms with Crippen LogP contribution in [0.15, 0.2) is 58.3 Å². The molecule has 7 heteroatoms. The molecule has 33 heavy (non-hydrogen) atoms. The molecule has 0 bridgehead atoms. The van der Waals surface area contributed by atoms with Gasteiger partial charge in [-0.2, -0.15) is 0 Å². The first-order chi connectivity index (χ1) is 16.0. The summed E-state index contributed by atoms with van der Waals surface area (Å²) in [6, 6.07) is 9.64. The number of rotatable bonds is 7. The van der Waals surface area contributed by atoms with Crippen LogP contribution in [-0.4, -0.2) is 32.6 Å². The first-order valence-corrected chi connectivity index (χ1v) is 12.0. The highest BCUT2D eigenvalue weighted by Gasteiger charge is 2.43. The fraction of sp³-hybridized carbons (Fsp3) is 0.385. The molecule has 2 atom stereocenters. The van der Waals surface area contributed by atoms with Crippen molar-refractivity contribution in [3.05, 3.63) is 68.7 Å². The number of carbonyl (C=O) groups is 2. The van der Waals surface area contributed by atoms with E-state index >= 15 is 0 Å². The normalized spacial score (nSPS) is 20.3. The van der Waals surface area contributed by atoms with Crippen LogP contribution in [0.5, 0.6) is 11.5 Å². The van der Waals surface area contributed by atoms with Crippen LogP contribution in [0.1, 0.15) is 55.4 Å². The Kier molecular flexibility index (Phi) is 6.88. The van der Waals surface area contributed by atoms with Gasteiger partial charge in [0.05, 0.1) is 32.3 Å². The molecule has 0 fully saturated rings. The Morgan fingerprint density at radius 2 is 1.97 bits per heavy atom. The van der Waals surface area contributed by atoms with E-state index in [1.807, 2.05) is 37.4 Å². The number of esters is 1. The Balaban J connectivity index is 1.86. The highest BCUT2D eigenvalue weighted by Crippen LogP contribution is 2.49. The fourth-order valence-corrected chi connectivity index (χ4v) is 5.59. The smallest absolute Gasteiger partial charge is 0.336 e. The van der Waals surface area contributed by atoms with Crippen LogP contribution in [0, 0.1) is 0 Å². The molecule has 2 aromatic rings. The molecule has 1 aliphatic carbocycles. The molecule has 2 heterocycles. The lowest BCUT2D eigenvalue weighted by Gasteiger charge is -2.36. The van der Waals surface area contributed by atoms with Crippen molar-refractivity contribution in [3.63, 3.8) is 0 Å². The van der Waals surface area contributed by atoms with E-state index in [0.29, 0.717) is 54.2 Å². The number of ether oxygens (including phenoxy) is 3. The summed E-state index contributed by atoms with van der Waals surface area (Å²) in [5.41, 5.74) is 3.34. The molecular formula is C26H29NO5S. The first-order valence-electron chi connectivity index (χ1n) is 11.2. The van der Waals surface area contributed by atoms with Crippen molar-refractivity contribution in [2.75, 3.05) is 20.8 Å². The third-order valence-corrected chi connectivity index (χ3v) is 7.21. The van der Waals surface area contributed by atoms with Gasteiger partial charge in [0.15, 0.2) is 17.3 Å². The number of hydrogen-bond acceptors (Lipinski definition) is 7. The van der Waals surface area contributed by atoms with Gasteiger partial charge in [0.1, 0.15) is 0 Å². The molecule has 1 aromatic carbocycles. The molecule has 1 N–H and O–H groups in total. The first kappa shape index (κ1) is 23.1. The van der Waals surface area contributed by atoms with E-state index in [1.54, 1.807) is 31.6 Å². The van der Waals surface area contributed by atoms with Crippen molar-refractivity contribution in [2.24, 2.45) is 0 Å². The van der Waals surface area contributed by atoms with Crippen molar-refractivity contribution < 1.29 is 23.8 Å². The monoisotopic (exact) mass is 467 g/mol. The van der Waals surface area contributed by atoms with Crippen LogP contribution in [0.2, 0.25) is 0 Å². The third kappa shape index (κ3) is 4.29. The second-order valence-corrected chi connectivity index (χ2v) is 9.23. The van der Waals surface area contributed by atoms with Gasteiger partial charge < -0.3 is 19.5 Å². The van der Waals surface area contributed by atoms with E-state index in [0.717, 1.165) is 11.3 Å². The van der Waals surface area contributed by atoms with Gasteiger partial charge in [-0.3, -0.25) is 4.79 Å². The maximum Gasteiger partial charge on any atom is 0.336 e. The molecule has 0 radical (unpaired) electrons. The van der Waals surface area contributed by atoms with Crippen LogP contribution in [0.4, 0.5) is 0 Å². The Morgan fingerprint density at radius 1 is 1.15 bits per heavy atom. The zero-order valence-corrected chi connectivity index (χ0v) is 20.2. The number of para-hydroxylation sites is 1. The average Bonchev–Trinajstić information content (AvgIpc) is 3.36. The molecular weight excluding hydrogens is 438 g/mol. The van der Waals surface area contributed by atoms with Gasteiger partial charge in [-0.1, -0.05) is 25.1 Å². The molecule has 0 amide bonds. The highest BCUT2D eigenvalue weighted by atomic mass is 32.1. The summed E-state index contributed by atoms with van der Waals surface area (Å²) in [6.07, 6.45) is 1.83. The Hall–Kier alpha value is -3.06. The largest absolute Gasteiger partial charge is 0.493 e. The number of thiophene rings is 1. The van der Waals surface area contributed by atoms with Crippen molar-refractivity contribution in [2.45, 2.75) is 44.9 Å². The molecule has 1 aromatic heterocycles. The maximum atomic E-state index is 13.6. The third-order valence-electron chi connectivity index (χ3n) is 6.17. The quantitative estimate of drug-likeness (QED) is 0.573. The lowest BCUT2D eigenvalue weighted by Crippen LogP contribution is -2.36. The van der Waals surface area contributed by atoms with E-state index < -0.39 is 11.9 Å². The lowest BCUT2D eigenvalue weighted by atomic mass is 9.72. The maximum absolute atomic E-state index is 13.6. The number of carbonyl (C=O) groups excluding carboxylic acids is 2. The summed E-state index contributed by atoms with van der Waals surface area (Å²) in [6.45, 7) is 4.13. The van der Waals surface area contributed by atoms with E-state index in [-0.39, 0.29) is 11.7 Å². The van der Waals surface area contributed by atoms with Crippen LogP contribution in [0.25, 0.3) is 0 Å². The molecule has 1 aliphatic heterocycles. The summed E-state index contributed by atoms with van der Waals surface area (Å²) >= 11 is 1.67. The van der Waals surface area contributed by atoms with Crippen LogP contribution in [0.3, 0.4) is 0 Å². The number of methoxy groups -OCH3 is 2. The summed E-state index contributed by atoms with van der Waals surface area (Å²) in [5.74, 6) is 0.210. The van der Waals surface area contributed by atoms with E-state index in [1.165, 1.54) is 4.88 Å². The zero-order chi connectivity index (χ0) is 23.5. The van der Waals surface area contributed by atoms with Crippen molar-refractivity contribution in [1.29, 1.82) is 0 Å². The number of nitrogens with one attached hydrogen (secondary N) is 1. The Labute approximate surface area is 198 Å². The summed E-state index contributed by atoms with van der Waals surface area (Å²) in [7, 11) is 3.14. The SMILES string of the molecule is CCCOC(=O)C1=C(C)NC2=C(C(=O)C[C@H](c3cccs3)C2)[C@@H]1c1cccc(OC)c1OC. The second kappa shape index (κ2) is 9.83. The van der Waals surface area contributed by atoms with Crippen molar-refractivity contribution >= 4 is 23.1 Å². The Morgan fingerprint density at radius 3 is 2.64 bits per heavy atom. The van der Waals surface area contributed by atoms with Gasteiger partial charge in [0, 0.05) is 39.7 Å². The van der Waals surface area contributed by atoms with Gasteiger partial charge in [0.25, 0.3) is 0 Å². The van der Waals surface area contributed by atoms with Gasteiger partial charge in [-0.25, -0.2) is 4.79 Å². The lowest BCUT2D eigenvalue weighted by molar-refractivity contribution is -0.139. The molecule has 0 saturated heterocycles. The number of Topliss-reactive ketones (excluding diaryl/α,β-unsaturated/α-hetero) is 1. The molecule has 4 rings (SSSR count). The van der Waals surface area contributed by atoms with Crippen LogP contribution >= 0.6 is 11.3 Å². The van der Waals surface area contributed by atoms with Gasteiger partial charge in [0.2, 0.25) is 0 Å². The predicted molar refractivity (Wildman–Crippen MR) is 128 cm³/mol. The minimum atomic E-state index is -0.590. The fourth-order valence-electron chi connectivity index (χ4n) is 4.76. The molecule has 0 spiro atoms. The van der Waals surface area contributed by atoms with Crippen LogP contribution in [-0.2, 0) is 14.3 Å². The topological polar surface area (TPSA) is 73.9 Å². The second-order valence-electron chi connectivity index (χ2n) is 8.25. The number of dihydropyridines is 1. The van der Waals surface area contributed by atoms with Crippen molar-refractivity contribution in [3.8, 4) is 11.5 Å². The minimum absolute atomic E-state index is 0.0327. The van der Waals surface area contributed by atoms with E-state index in [4.69, 9.17) is 14.2 Å². The molecule has 0 unspecified atom stereocenters. The molecule has 0 saturated carbocycles. The predicted octanol–water partition coefficient (Wildman–Crippen LogP) is 5.08. The highest BCUT2D eigenvalue weighted by molar-refractivity contribution is 7.10. The number of ketones is 1. The summed E-state index contributed by atoms with van der Waals surface area (Å²) in [5, 5.41) is 5.42. The van der Waals surface area contributed by atoms with Crippen LogP contribution < -0.4 is 14.8 Å². The summed E-state index contributed by atoms with van der Waals surface area (Å²) < 4.78 is 16.8. The zero-order valence-electron chi connectivity index (χ0n) is 19.4. The van der Waals surface area contributed by atoms with E-state index in [9.17, 15) is 9.59 Å².